The van der Waals surface area contributed by atoms with Crippen LogP contribution >= 0.6 is 0 Å². The van der Waals surface area contributed by atoms with E-state index >= 15 is 0 Å². The Morgan fingerprint density at radius 1 is 0.478 bits per heavy atom. The number of benzene rings is 10. The summed E-state index contributed by atoms with van der Waals surface area (Å²) in [5.74, 6) is 0.313. The average Bonchev–Trinajstić information content (AvgIpc) is 3.42. The van der Waals surface area contributed by atoms with Gasteiger partial charge in [-0.25, -0.2) is 0 Å². The Bertz CT molecular complexity index is 3810. The number of rotatable bonds is 8. The monoisotopic (exact) mass is 881 g/mol. The SMILES string of the molecule is C1=CC(/C=C/c2ccccc2)CC(c2c3c(c(N(C4=Cc5c(c(-c6ccc7ccccc7c6)c6ccccc6c5-c5ccc6ccccc6c5)CC4)c4ccccc4)c4ccccc24)CCC=C3)=C1. The first-order valence-corrected chi connectivity index (χ1v) is 24.7. The predicted octanol–water partition coefficient (Wildman–Crippen LogP) is 18.4. The fourth-order valence-corrected chi connectivity index (χ4v) is 11.7. The number of para-hydroxylation sites is 1. The number of anilines is 2. The van der Waals surface area contributed by atoms with Crippen molar-refractivity contribution in [2.24, 2.45) is 5.92 Å². The molecule has 10 aromatic carbocycles. The van der Waals surface area contributed by atoms with Crippen molar-refractivity contribution in [2.45, 2.75) is 32.1 Å². The van der Waals surface area contributed by atoms with Crippen molar-refractivity contribution in [1.29, 1.82) is 0 Å². The lowest BCUT2D eigenvalue weighted by Crippen LogP contribution is -2.22. The smallest absolute Gasteiger partial charge is 0.0575 e. The van der Waals surface area contributed by atoms with E-state index in [4.69, 9.17) is 0 Å². The molecule has 0 heterocycles. The minimum absolute atomic E-state index is 0.313. The fourth-order valence-electron chi connectivity index (χ4n) is 11.7. The van der Waals surface area contributed by atoms with Crippen molar-refractivity contribution in [3.8, 4) is 22.3 Å². The molecule has 3 aliphatic rings. The summed E-state index contributed by atoms with van der Waals surface area (Å²) < 4.78 is 0. The molecule has 1 nitrogen and oxygen atoms in total. The van der Waals surface area contributed by atoms with Gasteiger partial charge in [0.1, 0.15) is 0 Å². The van der Waals surface area contributed by atoms with Crippen LogP contribution in [0.25, 0.3) is 89.1 Å². The second kappa shape index (κ2) is 17.4. The van der Waals surface area contributed by atoms with E-state index < -0.39 is 0 Å². The standard InChI is InChI=1S/C68H51N/c1-3-18-46(19-4-1)34-35-47-20-17-25-52(42-47)65-59-30-13-15-32-62(59)68(63-33-16-14-31-60(63)65)69(55-26-5-2-6-27-55)56-40-41-61-64(45-56)67(54-39-37-49-22-8-10-24-51(49)44-54)58-29-12-11-28-57(58)66(61)53-38-36-48-21-7-9-23-50(48)43-53/h1-15,17-32,34-39,43-45,47H,16,33,40-42H2/b35-34+. The third kappa shape index (κ3) is 7.34. The van der Waals surface area contributed by atoms with Gasteiger partial charge in [0.2, 0.25) is 0 Å². The summed E-state index contributed by atoms with van der Waals surface area (Å²) in [4.78, 5) is 2.66. The topological polar surface area (TPSA) is 3.24 Å². The van der Waals surface area contributed by atoms with Crippen LogP contribution in [-0.4, -0.2) is 0 Å². The van der Waals surface area contributed by atoms with E-state index in [0.717, 1.165) is 32.1 Å². The Labute approximate surface area is 405 Å². The lowest BCUT2D eigenvalue weighted by Gasteiger charge is -2.36. The molecule has 0 aromatic heterocycles. The molecule has 13 rings (SSSR count). The van der Waals surface area contributed by atoms with Crippen LogP contribution in [0.2, 0.25) is 0 Å². The number of hydrogen-bond donors (Lipinski definition) is 0. The maximum Gasteiger partial charge on any atom is 0.0575 e. The van der Waals surface area contributed by atoms with Gasteiger partial charge in [-0.3, -0.25) is 0 Å². The van der Waals surface area contributed by atoms with Gasteiger partial charge in [0.25, 0.3) is 0 Å². The van der Waals surface area contributed by atoms with E-state index in [-0.39, 0.29) is 0 Å². The Morgan fingerprint density at radius 2 is 1.07 bits per heavy atom. The van der Waals surface area contributed by atoms with Gasteiger partial charge >= 0.3 is 0 Å². The number of hydrogen-bond acceptors (Lipinski definition) is 1. The summed E-state index contributed by atoms with van der Waals surface area (Å²) in [7, 11) is 0. The lowest BCUT2D eigenvalue weighted by molar-refractivity contribution is 0.840. The second-order valence-electron chi connectivity index (χ2n) is 18.9. The molecule has 1 atom stereocenters. The van der Waals surface area contributed by atoms with Gasteiger partial charge < -0.3 is 4.90 Å². The van der Waals surface area contributed by atoms with Gasteiger partial charge in [-0.2, -0.15) is 0 Å². The highest BCUT2D eigenvalue weighted by Gasteiger charge is 2.31. The van der Waals surface area contributed by atoms with Crippen molar-refractivity contribution in [1.82, 2.24) is 0 Å². The van der Waals surface area contributed by atoms with Gasteiger partial charge in [-0.1, -0.05) is 212 Å². The highest BCUT2D eigenvalue weighted by molar-refractivity contribution is 6.13. The molecule has 3 aliphatic carbocycles. The van der Waals surface area contributed by atoms with Crippen LogP contribution in [0.3, 0.4) is 0 Å². The molecule has 328 valence electrons. The van der Waals surface area contributed by atoms with Crippen molar-refractivity contribution in [2.75, 3.05) is 4.90 Å². The minimum atomic E-state index is 0.313. The van der Waals surface area contributed by atoms with E-state index in [1.807, 2.05) is 0 Å². The van der Waals surface area contributed by atoms with Crippen LogP contribution in [0, 0.1) is 5.92 Å². The highest BCUT2D eigenvalue weighted by atomic mass is 15.2. The zero-order chi connectivity index (χ0) is 45.7. The molecule has 0 saturated heterocycles. The third-order valence-electron chi connectivity index (χ3n) is 14.9. The fraction of sp³-hybridized carbons (Fsp3) is 0.0882. The van der Waals surface area contributed by atoms with Crippen LogP contribution < -0.4 is 4.90 Å². The maximum absolute atomic E-state index is 2.66. The third-order valence-corrected chi connectivity index (χ3v) is 14.9. The molecule has 1 unspecified atom stereocenters. The maximum atomic E-state index is 2.66. The summed E-state index contributed by atoms with van der Waals surface area (Å²) in [6.07, 6.45) is 23.8. The van der Waals surface area contributed by atoms with Crippen molar-refractivity contribution >= 4 is 78.3 Å². The van der Waals surface area contributed by atoms with E-state index in [9.17, 15) is 0 Å². The van der Waals surface area contributed by atoms with Crippen LogP contribution in [-0.2, 0) is 12.8 Å². The van der Waals surface area contributed by atoms with Gasteiger partial charge in [-0.05, 0) is 167 Å². The molecule has 69 heavy (non-hydrogen) atoms. The molecule has 0 bridgehead atoms. The van der Waals surface area contributed by atoms with E-state index in [0.29, 0.717) is 5.92 Å². The summed E-state index contributed by atoms with van der Waals surface area (Å²) in [5.41, 5.74) is 18.5. The molecule has 0 amide bonds. The molecule has 0 aliphatic heterocycles. The molecular formula is C68H51N. The largest absolute Gasteiger partial charge is 0.313 e. The van der Waals surface area contributed by atoms with E-state index in [1.54, 1.807) is 0 Å². The van der Waals surface area contributed by atoms with Crippen LogP contribution in [0.4, 0.5) is 11.4 Å². The minimum Gasteiger partial charge on any atom is -0.313 e. The quantitative estimate of drug-likeness (QED) is 0.147. The summed E-state index contributed by atoms with van der Waals surface area (Å²) in [5, 5.41) is 10.2. The van der Waals surface area contributed by atoms with Crippen LogP contribution in [0.15, 0.2) is 230 Å². The van der Waals surface area contributed by atoms with Gasteiger partial charge in [0.15, 0.2) is 0 Å². The molecule has 0 radical (unpaired) electrons. The normalized spacial score (nSPS) is 15.4. The molecule has 0 saturated carbocycles. The summed E-state index contributed by atoms with van der Waals surface area (Å²) in [6, 6.07) is 71.9. The first-order chi connectivity index (χ1) is 34.2. The zero-order valence-corrected chi connectivity index (χ0v) is 38.7. The first kappa shape index (κ1) is 41.0. The van der Waals surface area contributed by atoms with Gasteiger partial charge in [-0.15, -0.1) is 0 Å². The Balaban J connectivity index is 1.05. The zero-order valence-electron chi connectivity index (χ0n) is 38.7. The highest BCUT2D eigenvalue weighted by Crippen LogP contribution is 2.51. The van der Waals surface area contributed by atoms with Crippen LogP contribution in [0.1, 0.15) is 52.6 Å². The molecule has 0 spiro atoms. The number of fused-ring (bicyclic) bond motifs is 6. The van der Waals surface area contributed by atoms with Crippen molar-refractivity contribution in [3.05, 3.63) is 264 Å². The van der Waals surface area contributed by atoms with Gasteiger partial charge in [0.05, 0.1) is 5.69 Å². The second-order valence-corrected chi connectivity index (χ2v) is 18.9. The molecule has 0 fully saturated rings. The molecule has 1 heteroatoms. The Morgan fingerprint density at radius 3 is 1.78 bits per heavy atom. The van der Waals surface area contributed by atoms with Gasteiger partial charge in [0, 0.05) is 16.8 Å². The number of allylic oxidation sites excluding steroid dienone is 7. The lowest BCUT2D eigenvalue weighted by atomic mass is 9.78. The predicted molar refractivity (Wildman–Crippen MR) is 297 cm³/mol. The average molecular weight is 882 g/mol. The summed E-state index contributed by atoms with van der Waals surface area (Å²) in [6.45, 7) is 0. The molecule has 10 aromatic rings. The van der Waals surface area contributed by atoms with E-state index in [2.05, 4.69) is 248 Å². The Hall–Kier alpha value is -8.26. The van der Waals surface area contributed by atoms with E-state index in [1.165, 1.54) is 121 Å². The Kier molecular flexibility index (Phi) is 10.4. The van der Waals surface area contributed by atoms with Crippen molar-refractivity contribution < 1.29 is 0 Å². The van der Waals surface area contributed by atoms with Crippen LogP contribution in [0.5, 0.6) is 0 Å². The van der Waals surface area contributed by atoms with Crippen molar-refractivity contribution in [3.63, 3.8) is 0 Å². The summed E-state index contributed by atoms with van der Waals surface area (Å²) >= 11 is 0. The number of nitrogens with zero attached hydrogens (tertiary/aromatic N) is 1. The first-order valence-electron chi connectivity index (χ1n) is 24.7. The molecular weight excluding hydrogens is 831 g/mol. The molecule has 0 N–H and O–H groups in total.